The van der Waals surface area contributed by atoms with E-state index in [2.05, 4.69) is 39.4 Å². The van der Waals surface area contributed by atoms with E-state index < -0.39 is 11.8 Å². The van der Waals surface area contributed by atoms with Gasteiger partial charge in [0, 0.05) is 20.1 Å². The van der Waals surface area contributed by atoms with Crippen molar-refractivity contribution in [3.63, 3.8) is 0 Å². The van der Waals surface area contributed by atoms with Gasteiger partial charge in [0.25, 0.3) is 0 Å². The number of nitrogens with zero attached hydrogens (tertiary/aromatic N) is 1. The fourth-order valence-corrected chi connectivity index (χ4v) is 3.32. The second-order valence-corrected chi connectivity index (χ2v) is 7.00. The molecule has 2 atom stereocenters. The summed E-state index contributed by atoms with van der Waals surface area (Å²) in [6, 6.07) is 8.21. The third-order valence-electron chi connectivity index (χ3n) is 4.23. The van der Waals surface area contributed by atoms with E-state index in [9.17, 15) is 9.18 Å². The molecule has 1 aromatic heterocycles. The topological polar surface area (TPSA) is 79.5 Å². The lowest BCUT2D eigenvalue weighted by atomic mass is 9.98. The Morgan fingerprint density at radius 1 is 1.22 bits per heavy atom. The molecule has 0 aliphatic rings. The molecule has 0 aliphatic heterocycles. The largest absolute Gasteiger partial charge is 0.369 e. The number of halogens is 2. The van der Waals surface area contributed by atoms with Gasteiger partial charge < -0.3 is 16.4 Å². The van der Waals surface area contributed by atoms with Crippen LogP contribution in [0.3, 0.4) is 0 Å². The van der Waals surface area contributed by atoms with Gasteiger partial charge >= 0.3 is 0 Å². The summed E-state index contributed by atoms with van der Waals surface area (Å²) in [6.07, 6.45) is 0.449. The van der Waals surface area contributed by atoms with E-state index in [-0.39, 0.29) is 29.8 Å². The third kappa shape index (κ3) is 7.84. The van der Waals surface area contributed by atoms with Gasteiger partial charge in [-0.2, -0.15) is 11.3 Å². The van der Waals surface area contributed by atoms with Gasteiger partial charge in [-0.05, 0) is 52.4 Å². The number of carbonyl (C=O) groups excluding carboxylic acids is 1. The minimum absolute atomic E-state index is 0. The van der Waals surface area contributed by atoms with E-state index in [0.29, 0.717) is 24.8 Å². The summed E-state index contributed by atoms with van der Waals surface area (Å²) < 4.78 is 13.0. The number of nitrogens with one attached hydrogen (secondary N) is 2. The van der Waals surface area contributed by atoms with Gasteiger partial charge in [-0.3, -0.25) is 9.79 Å². The number of hydrogen-bond acceptors (Lipinski definition) is 3. The van der Waals surface area contributed by atoms with Gasteiger partial charge in [0.05, 0.1) is 5.92 Å². The molecular formula is C19H26FIN4OS. The Morgan fingerprint density at radius 2 is 1.89 bits per heavy atom. The third-order valence-corrected chi connectivity index (χ3v) is 4.93. The number of amides is 1. The lowest BCUT2D eigenvalue weighted by Crippen LogP contribution is -2.44. The number of rotatable bonds is 8. The van der Waals surface area contributed by atoms with Crippen LogP contribution in [0.15, 0.2) is 46.1 Å². The summed E-state index contributed by atoms with van der Waals surface area (Å²) in [7, 11) is 1.68. The fraction of sp³-hybridized carbons (Fsp3) is 0.368. The normalized spacial score (nSPS) is 13.4. The lowest BCUT2D eigenvalue weighted by Gasteiger charge is -2.18. The van der Waals surface area contributed by atoms with Crippen molar-refractivity contribution in [3.05, 3.63) is 58.0 Å². The van der Waals surface area contributed by atoms with Crippen molar-refractivity contribution >= 4 is 47.2 Å². The Labute approximate surface area is 180 Å². The molecule has 1 heterocycles. The Kier molecular flexibility index (Phi) is 10.3. The molecule has 5 nitrogen and oxygen atoms in total. The summed E-state index contributed by atoms with van der Waals surface area (Å²) in [5.41, 5.74) is 7.66. The van der Waals surface area contributed by atoms with Crippen LogP contribution >= 0.6 is 35.3 Å². The maximum absolute atomic E-state index is 13.0. The van der Waals surface area contributed by atoms with Gasteiger partial charge in [-0.25, -0.2) is 4.39 Å². The van der Waals surface area contributed by atoms with E-state index >= 15 is 0 Å². The average molecular weight is 504 g/mol. The molecule has 4 N–H and O–H groups in total. The van der Waals surface area contributed by atoms with Crippen LogP contribution < -0.4 is 16.4 Å². The highest BCUT2D eigenvalue weighted by Gasteiger charge is 2.17. The first kappa shape index (κ1) is 23.4. The number of primary amides is 1. The average Bonchev–Trinajstić information content (AvgIpc) is 3.16. The van der Waals surface area contributed by atoms with Crippen LogP contribution in [-0.2, 0) is 11.2 Å². The molecule has 8 heteroatoms. The maximum Gasteiger partial charge on any atom is 0.222 e. The van der Waals surface area contributed by atoms with Crippen molar-refractivity contribution in [1.29, 1.82) is 0 Å². The summed E-state index contributed by atoms with van der Waals surface area (Å²) >= 11 is 1.68. The van der Waals surface area contributed by atoms with Crippen LogP contribution in [0.1, 0.15) is 24.0 Å². The number of hydrogen-bond donors (Lipinski definition) is 3. The smallest absolute Gasteiger partial charge is 0.222 e. The number of nitrogens with two attached hydrogens (primary N) is 1. The zero-order valence-corrected chi connectivity index (χ0v) is 18.6. The van der Waals surface area contributed by atoms with Crippen molar-refractivity contribution in [3.8, 4) is 0 Å². The number of carbonyl (C=O) groups is 1. The first-order valence-electron chi connectivity index (χ1n) is 8.50. The molecule has 2 unspecified atom stereocenters. The number of thiophene rings is 1. The monoisotopic (exact) mass is 504 g/mol. The van der Waals surface area contributed by atoms with Gasteiger partial charge in [0.1, 0.15) is 5.82 Å². The minimum Gasteiger partial charge on any atom is -0.369 e. The summed E-state index contributed by atoms with van der Waals surface area (Å²) in [5, 5.41) is 10.6. The summed E-state index contributed by atoms with van der Waals surface area (Å²) in [6.45, 7) is 3.23. The molecule has 2 aromatic rings. The summed E-state index contributed by atoms with van der Waals surface area (Å²) in [4.78, 5) is 15.9. The lowest BCUT2D eigenvalue weighted by molar-refractivity contribution is -0.121. The molecule has 1 amide bonds. The van der Waals surface area contributed by atoms with Crippen LogP contribution in [-0.4, -0.2) is 32.0 Å². The van der Waals surface area contributed by atoms with Crippen molar-refractivity contribution in [2.45, 2.75) is 19.3 Å². The van der Waals surface area contributed by atoms with Gasteiger partial charge in [-0.15, -0.1) is 24.0 Å². The molecule has 0 bridgehead atoms. The Hall–Kier alpha value is -1.68. The molecule has 0 saturated carbocycles. The molecular weight excluding hydrogens is 478 g/mol. The first-order valence-corrected chi connectivity index (χ1v) is 9.44. The van der Waals surface area contributed by atoms with E-state index in [1.54, 1.807) is 30.5 Å². The fourth-order valence-electron chi connectivity index (χ4n) is 2.54. The Bertz CT molecular complexity index is 722. The van der Waals surface area contributed by atoms with Crippen LogP contribution in [0, 0.1) is 11.7 Å². The van der Waals surface area contributed by atoms with E-state index in [0.717, 1.165) is 12.1 Å². The SMILES string of the molecule is CN=C(NCC(Cc1ccc(F)cc1)C(N)=O)NCC(C)c1ccsc1.I. The zero-order valence-electron chi connectivity index (χ0n) is 15.4. The van der Waals surface area contributed by atoms with E-state index in [1.807, 2.05) is 0 Å². The van der Waals surface area contributed by atoms with Crippen LogP contribution in [0.25, 0.3) is 0 Å². The number of aliphatic imine (C=N–C) groups is 1. The van der Waals surface area contributed by atoms with Crippen molar-refractivity contribution in [2.75, 3.05) is 20.1 Å². The van der Waals surface area contributed by atoms with Crippen molar-refractivity contribution in [1.82, 2.24) is 10.6 Å². The van der Waals surface area contributed by atoms with Crippen LogP contribution in [0.4, 0.5) is 4.39 Å². The Balaban J connectivity index is 0.00000364. The standard InChI is InChI=1S/C19H25FN4OS.HI/c1-13(15-7-8-26-12-15)10-23-19(22-2)24-11-16(18(21)25)9-14-3-5-17(20)6-4-14;/h3-8,12-13,16H,9-11H2,1-2H3,(H2,21,25)(H2,22,23,24);1H. The molecule has 0 fully saturated rings. The van der Waals surface area contributed by atoms with Crippen LogP contribution in [0.2, 0.25) is 0 Å². The first-order chi connectivity index (χ1) is 12.5. The highest BCUT2D eigenvalue weighted by atomic mass is 127. The van der Waals surface area contributed by atoms with Gasteiger partial charge in [0.15, 0.2) is 5.96 Å². The predicted octanol–water partition coefficient (Wildman–Crippen LogP) is 3.12. The molecule has 148 valence electrons. The maximum atomic E-state index is 13.0. The quantitative estimate of drug-likeness (QED) is 0.294. The molecule has 27 heavy (non-hydrogen) atoms. The van der Waals surface area contributed by atoms with Gasteiger partial charge in [0.2, 0.25) is 5.91 Å². The summed E-state index contributed by atoms with van der Waals surface area (Å²) in [5.74, 6) is -0.132. The van der Waals surface area contributed by atoms with Crippen molar-refractivity contribution < 1.29 is 9.18 Å². The minimum atomic E-state index is -0.409. The second-order valence-electron chi connectivity index (χ2n) is 6.22. The highest BCUT2D eigenvalue weighted by molar-refractivity contribution is 14.0. The molecule has 0 saturated heterocycles. The van der Waals surface area contributed by atoms with E-state index in [4.69, 9.17) is 5.73 Å². The zero-order chi connectivity index (χ0) is 18.9. The van der Waals surface area contributed by atoms with Crippen LogP contribution in [0.5, 0.6) is 0 Å². The predicted molar refractivity (Wildman–Crippen MR) is 120 cm³/mol. The van der Waals surface area contributed by atoms with Crippen molar-refractivity contribution in [2.24, 2.45) is 16.6 Å². The molecule has 0 radical (unpaired) electrons. The number of guanidine groups is 1. The molecule has 0 spiro atoms. The molecule has 1 aromatic carbocycles. The second kappa shape index (κ2) is 11.9. The molecule has 2 rings (SSSR count). The highest BCUT2D eigenvalue weighted by Crippen LogP contribution is 2.17. The van der Waals surface area contributed by atoms with E-state index in [1.165, 1.54) is 17.7 Å². The Morgan fingerprint density at radius 3 is 2.44 bits per heavy atom. The molecule has 0 aliphatic carbocycles. The number of benzene rings is 1. The van der Waals surface area contributed by atoms with Gasteiger partial charge in [-0.1, -0.05) is 19.1 Å².